The summed E-state index contributed by atoms with van der Waals surface area (Å²) < 4.78 is 0. The van der Waals surface area contributed by atoms with Crippen LogP contribution in [0.3, 0.4) is 0 Å². The van der Waals surface area contributed by atoms with Gasteiger partial charge in [0.25, 0.3) is 0 Å². The zero-order valence-electron chi connectivity index (χ0n) is 11.2. The van der Waals surface area contributed by atoms with Crippen molar-refractivity contribution in [2.75, 3.05) is 13.1 Å². The minimum atomic E-state index is -0.826. The Morgan fingerprint density at radius 1 is 1.39 bits per heavy atom. The maximum absolute atomic E-state index is 12.0. The zero-order valence-corrected chi connectivity index (χ0v) is 12.0. The summed E-state index contributed by atoms with van der Waals surface area (Å²) in [6.07, 6.45) is 0.554. The molecule has 1 aliphatic heterocycles. The van der Waals surface area contributed by atoms with E-state index in [4.69, 9.17) is 5.11 Å². The average molecular weight is 274 g/mol. The fourth-order valence-electron chi connectivity index (χ4n) is 2.06. The van der Waals surface area contributed by atoms with E-state index in [2.05, 4.69) is 19.2 Å². The number of carbonyl (C=O) groups excluding carboxylic acids is 1. The molecule has 0 bridgehead atoms. The smallest absolute Gasteiger partial charge is 0.317 e. The minimum Gasteiger partial charge on any atom is -0.481 e. The maximum atomic E-state index is 12.0. The van der Waals surface area contributed by atoms with Crippen molar-refractivity contribution in [1.82, 2.24) is 10.2 Å². The van der Waals surface area contributed by atoms with Gasteiger partial charge in [-0.1, -0.05) is 13.8 Å². The first kappa shape index (κ1) is 15.1. The van der Waals surface area contributed by atoms with E-state index in [9.17, 15) is 9.59 Å². The van der Waals surface area contributed by atoms with Crippen LogP contribution in [0.1, 0.15) is 33.6 Å². The second-order valence-corrected chi connectivity index (χ2v) is 6.83. The number of carboxylic acids is 1. The summed E-state index contributed by atoms with van der Waals surface area (Å²) >= 11 is 1.90. The van der Waals surface area contributed by atoms with Gasteiger partial charge in [-0.2, -0.15) is 11.8 Å². The molecule has 6 heteroatoms. The van der Waals surface area contributed by atoms with Crippen molar-refractivity contribution in [2.24, 2.45) is 0 Å². The number of urea groups is 1. The molecule has 1 heterocycles. The second-order valence-electron chi connectivity index (χ2n) is 4.95. The topological polar surface area (TPSA) is 69.6 Å². The van der Waals surface area contributed by atoms with E-state index in [0.717, 1.165) is 13.1 Å². The third-order valence-corrected chi connectivity index (χ3v) is 4.10. The molecule has 1 fully saturated rings. The lowest BCUT2D eigenvalue weighted by molar-refractivity contribution is -0.137. The van der Waals surface area contributed by atoms with Crippen molar-refractivity contribution in [2.45, 2.75) is 50.2 Å². The van der Waals surface area contributed by atoms with Crippen LogP contribution >= 0.6 is 11.8 Å². The van der Waals surface area contributed by atoms with Gasteiger partial charge in [-0.3, -0.25) is 4.79 Å². The van der Waals surface area contributed by atoms with Crippen LogP contribution in [-0.4, -0.2) is 51.6 Å². The van der Waals surface area contributed by atoms with Crippen molar-refractivity contribution < 1.29 is 14.7 Å². The van der Waals surface area contributed by atoms with Gasteiger partial charge in [0.1, 0.15) is 0 Å². The Morgan fingerprint density at radius 3 is 2.44 bits per heavy atom. The average Bonchev–Trinajstić information content (AvgIpc) is 2.25. The summed E-state index contributed by atoms with van der Waals surface area (Å²) in [7, 11) is 0. The first-order valence-electron chi connectivity index (χ1n) is 6.31. The van der Waals surface area contributed by atoms with Crippen molar-refractivity contribution in [3.63, 3.8) is 0 Å². The number of amides is 2. The van der Waals surface area contributed by atoms with E-state index in [1.807, 2.05) is 23.6 Å². The standard InChI is InChI=1S/C12H22N2O3S/c1-8(4-5-11(15)16)13-12(17)14-6-9(2)18-10(3)7-14/h8-10H,4-7H2,1-3H3,(H,13,17)(H,15,16). The molecule has 0 aromatic heterocycles. The van der Waals surface area contributed by atoms with Crippen LogP contribution in [0.15, 0.2) is 0 Å². The Bertz CT molecular complexity index is 302. The van der Waals surface area contributed by atoms with Gasteiger partial charge in [-0.15, -0.1) is 0 Å². The lowest BCUT2D eigenvalue weighted by Crippen LogP contribution is -2.50. The highest BCUT2D eigenvalue weighted by Gasteiger charge is 2.26. The maximum Gasteiger partial charge on any atom is 0.317 e. The number of carbonyl (C=O) groups is 2. The normalized spacial score (nSPS) is 25.6. The summed E-state index contributed by atoms with van der Waals surface area (Å²) in [5.74, 6) is -0.826. The first-order valence-corrected chi connectivity index (χ1v) is 7.25. The van der Waals surface area contributed by atoms with Crippen LogP contribution in [0, 0.1) is 0 Å². The Labute approximate surface area is 112 Å². The predicted molar refractivity (Wildman–Crippen MR) is 73.0 cm³/mol. The molecular weight excluding hydrogens is 252 g/mol. The van der Waals surface area contributed by atoms with E-state index < -0.39 is 5.97 Å². The Morgan fingerprint density at radius 2 is 1.94 bits per heavy atom. The molecule has 5 nitrogen and oxygen atoms in total. The summed E-state index contributed by atoms with van der Waals surface area (Å²) in [5, 5.41) is 12.4. The molecular formula is C12H22N2O3S. The van der Waals surface area contributed by atoms with Crippen LogP contribution in [0.4, 0.5) is 4.79 Å². The number of nitrogens with one attached hydrogen (secondary N) is 1. The number of hydrogen-bond donors (Lipinski definition) is 2. The number of thioether (sulfide) groups is 1. The van der Waals surface area contributed by atoms with Gasteiger partial charge in [0, 0.05) is 36.1 Å². The van der Waals surface area contributed by atoms with E-state index >= 15 is 0 Å². The molecule has 0 aromatic carbocycles. The summed E-state index contributed by atoms with van der Waals surface area (Å²) in [5.41, 5.74) is 0. The van der Waals surface area contributed by atoms with Crippen LogP contribution in [0.25, 0.3) is 0 Å². The minimum absolute atomic E-state index is 0.0770. The molecule has 3 unspecified atom stereocenters. The van der Waals surface area contributed by atoms with E-state index in [1.165, 1.54) is 0 Å². The third kappa shape index (κ3) is 5.16. The summed E-state index contributed by atoms with van der Waals surface area (Å²) in [6, 6.07) is -0.180. The number of aliphatic carboxylic acids is 1. The Kier molecular flexibility index (Phi) is 5.78. The van der Waals surface area contributed by atoms with E-state index in [1.54, 1.807) is 0 Å². The number of rotatable bonds is 4. The van der Waals surface area contributed by atoms with Crippen molar-refractivity contribution >= 4 is 23.8 Å². The molecule has 2 N–H and O–H groups in total. The van der Waals surface area contributed by atoms with Gasteiger partial charge in [0.2, 0.25) is 0 Å². The Balaban J connectivity index is 2.37. The van der Waals surface area contributed by atoms with Crippen LogP contribution in [0.5, 0.6) is 0 Å². The van der Waals surface area contributed by atoms with Crippen molar-refractivity contribution in [3.05, 3.63) is 0 Å². The lowest BCUT2D eigenvalue weighted by atomic mass is 10.2. The molecule has 3 atom stereocenters. The largest absolute Gasteiger partial charge is 0.481 e. The molecule has 1 aliphatic rings. The molecule has 1 saturated heterocycles. The van der Waals surface area contributed by atoms with Gasteiger partial charge >= 0.3 is 12.0 Å². The van der Waals surface area contributed by atoms with Gasteiger partial charge in [0.15, 0.2) is 0 Å². The molecule has 104 valence electrons. The fourth-order valence-corrected chi connectivity index (χ4v) is 3.38. The molecule has 1 rings (SSSR count). The van der Waals surface area contributed by atoms with Crippen LogP contribution in [-0.2, 0) is 4.79 Å². The highest BCUT2D eigenvalue weighted by Crippen LogP contribution is 2.24. The number of hydrogen-bond acceptors (Lipinski definition) is 3. The molecule has 0 aromatic rings. The zero-order chi connectivity index (χ0) is 13.7. The highest BCUT2D eigenvalue weighted by atomic mass is 32.2. The van der Waals surface area contributed by atoms with Gasteiger partial charge in [-0.05, 0) is 13.3 Å². The van der Waals surface area contributed by atoms with E-state index in [-0.39, 0.29) is 18.5 Å². The molecule has 0 saturated carbocycles. The number of carboxylic acid groups (broad SMARTS) is 1. The highest BCUT2D eigenvalue weighted by molar-refractivity contribution is 8.00. The number of nitrogens with zero attached hydrogens (tertiary/aromatic N) is 1. The monoisotopic (exact) mass is 274 g/mol. The summed E-state index contributed by atoms with van der Waals surface area (Å²) in [6.45, 7) is 7.59. The Hall–Kier alpha value is -0.910. The lowest BCUT2D eigenvalue weighted by Gasteiger charge is -2.35. The molecule has 0 aliphatic carbocycles. The van der Waals surface area contributed by atoms with Crippen LogP contribution < -0.4 is 5.32 Å². The SMILES string of the molecule is CC(CCC(=O)O)NC(=O)N1CC(C)SC(C)C1. The predicted octanol–water partition coefficient (Wildman–Crippen LogP) is 1.78. The third-order valence-electron chi connectivity index (χ3n) is 2.87. The molecule has 18 heavy (non-hydrogen) atoms. The van der Waals surface area contributed by atoms with Gasteiger partial charge in [0.05, 0.1) is 0 Å². The second kappa shape index (κ2) is 6.87. The van der Waals surface area contributed by atoms with Crippen molar-refractivity contribution in [3.8, 4) is 0 Å². The van der Waals surface area contributed by atoms with Crippen molar-refractivity contribution in [1.29, 1.82) is 0 Å². The van der Waals surface area contributed by atoms with Gasteiger partial charge < -0.3 is 15.3 Å². The van der Waals surface area contributed by atoms with E-state index in [0.29, 0.717) is 16.9 Å². The quantitative estimate of drug-likeness (QED) is 0.820. The van der Waals surface area contributed by atoms with Gasteiger partial charge in [-0.25, -0.2) is 4.79 Å². The van der Waals surface area contributed by atoms with Crippen LogP contribution in [0.2, 0.25) is 0 Å². The molecule has 0 spiro atoms. The molecule has 0 radical (unpaired) electrons. The molecule has 2 amide bonds. The first-order chi connectivity index (χ1) is 8.38. The fraction of sp³-hybridized carbons (Fsp3) is 0.833. The summed E-state index contributed by atoms with van der Waals surface area (Å²) in [4.78, 5) is 24.3.